The van der Waals surface area contributed by atoms with Crippen LogP contribution in [0.2, 0.25) is 0 Å². The predicted octanol–water partition coefficient (Wildman–Crippen LogP) is 1.80. The van der Waals surface area contributed by atoms with Crippen LogP contribution in [0.3, 0.4) is 0 Å². The number of hydrogen-bond donors (Lipinski definition) is 4. The van der Waals surface area contributed by atoms with Gasteiger partial charge in [-0.15, -0.1) is 0 Å². The number of hydrogen-bond acceptors (Lipinski definition) is 3. The van der Waals surface area contributed by atoms with Gasteiger partial charge in [0.05, 0.1) is 6.54 Å². The Hall–Kier alpha value is -2.09. The van der Waals surface area contributed by atoms with Crippen molar-refractivity contribution in [3.05, 3.63) is 28.7 Å². The summed E-state index contributed by atoms with van der Waals surface area (Å²) in [5.41, 5.74) is 0.576. The van der Waals surface area contributed by atoms with Gasteiger partial charge in [-0.3, -0.25) is 4.79 Å². The number of carboxylic acids is 1. The highest BCUT2D eigenvalue weighted by Gasteiger charge is 2.23. The van der Waals surface area contributed by atoms with Crippen molar-refractivity contribution >= 4 is 39.5 Å². The van der Waals surface area contributed by atoms with E-state index in [0.717, 1.165) is 4.47 Å². The van der Waals surface area contributed by atoms with E-state index in [1.165, 1.54) is 0 Å². The minimum absolute atomic E-state index is 0.252. The molecule has 0 aliphatic rings. The highest BCUT2D eigenvalue weighted by molar-refractivity contribution is 9.10. The first-order valence-electron chi connectivity index (χ1n) is 6.62. The van der Waals surface area contributed by atoms with Gasteiger partial charge in [-0.1, -0.05) is 29.8 Å². The molecule has 120 valence electrons. The Morgan fingerprint density at radius 3 is 2.27 bits per heavy atom. The number of amides is 3. The zero-order valence-corrected chi connectivity index (χ0v) is 13.8. The van der Waals surface area contributed by atoms with Crippen LogP contribution < -0.4 is 16.0 Å². The molecule has 1 rings (SSSR count). The predicted molar refractivity (Wildman–Crippen MR) is 85.6 cm³/mol. The number of aliphatic carboxylic acids is 1. The van der Waals surface area contributed by atoms with E-state index in [1.807, 2.05) is 0 Å². The minimum Gasteiger partial charge on any atom is -0.480 e. The van der Waals surface area contributed by atoms with Gasteiger partial charge in [0.25, 0.3) is 0 Å². The Balaban J connectivity index is 2.41. The smallest absolute Gasteiger partial charge is 0.326 e. The van der Waals surface area contributed by atoms with E-state index >= 15 is 0 Å². The third-order valence-corrected chi connectivity index (χ3v) is 3.29. The van der Waals surface area contributed by atoms with Crippen LogP contribution in [0.5, 0.6) is 0 Å². The Kier molecular flexibility index (Phi) is 6.84. The molecule has 3 amide bonds. The largest absolute Gasteiger partial charge is 0.480 e. The summed E-state index contributed by atoms with van der Waals surface area (Å²) in [6.45, 7) is 3.07. The second kappa shape index (κ2) is 8.38. The maximum absolute atomic E-state index is 11.6. The van der Waals surface area contributed by atoms with Gasteiger partial charge in [0.1, 0.15) is 6.04 Å². The molecule has 0 aliphatic heterocycles. The van der Waals surface area contributed by atoms with E-state index in [0.29, 0.717) is 5.69 Å². The van der Waals surface area contributed by atoms with Gasteiger partial charge in [-0.25, -0.2) is 9.59 Å². The molecule has 0 heterocycles. The molecular formula is C14H18BrN3O4. The second-order valence-electron chi connectivity index (χ2n) is 4.94. The first kappa shape index (κ1) is 18.0. The van der Waals surface area contributed by atoms with Crippen molar-refractivity contribution in [2.24, 2.45) is 5.92 Å². The average Bonchev–Trinajstić information content (AvgIpc) is 2.44. The van der Waals surface area contributed by atoms with Crippen molar-refractivity contribution in [3.8, 4) is 0 Å². The molecule has 1 aromatic rings. The molecule has 0 radical (unpaired) electrons. The van der Waals surface area contributed by atoms with Crippen molar-refractivity contribution in [1.29, 1.82) is 0 Å². The third kappa shape index (κ3) is 6.13. The lowest BCUT2D eigenvalue weighted by atomic mass is 10.1. The van der Waals surface area contributed by atoms with E-state index in [4.69, 9.17) is 5.11 Å². The lowest BCUT2D eigenvalue weighted by Gasteiger charge is -2.18. The molecule has 1 unspecified atom stereocenters. The summed E-state index contributed by atoms with van der Waals surface area (Å²) in [5, 5.41) is 16.2. The van der Waals surface area contributed by atoms with E-state index in [2.05, 4.69) is 31.9 Å². The van der Waals surface area contributed by atoms with Crippen LogP contribution >= 0.6 is 15.9 Å². The molecule has 4 N–H and O–H groups in total. The minimum atomic E-state index is -1.11. The van der Waals surface area contributed by atoms with Crippen molar-refractivity contribution < 1.29 is 19.5 Å². The van der Waals surface area contributed by atoms with Crippen molar-refractivity contribution in [1.82, 2.24) is 10.6 Å². The molecule has 8 heteroatoms. The second-order valence-corrected chi connectivity index (χ2v) is 5.86. The van der Waals surface area contributed by atoms with Gasteiger partial charge in [0.2, 0.25) is 5.91 Å². The molecule has 1 aromatic carbocycles. The summed E-state index contributed by atoms with van der Waals surface area (Å²) in [6.07, 6.45) is 0. The highest BCUT2D eigenvalue weighted by atomic mass is 79.9. The van der Waals surface area contributed by atoms with Gasteiger partial charge in [-0.2, -0.15) is 0 Å². The molecule has 0 aliphatic carbocycles. The fraction of sp³-hybridized carbons (Fsp3) is 0.357. The first-order valence-corrected chi connectivity index (χ1v) is 7.41. The van der Waals surface area contributed by atoms with E-state index in [1.54, 1.807) is 38.1 Å². The quantitative estimate of drug-likeness (QED) is 0.611. The number of urea groups is 1. The Bertz CT molecular complexity index is 546. The molecule has 1 atom stereocenters. The standard InChI is InChI=1S/C14H18BrN3O4/c1-8(2)12(13(20)21)18-11(19)7-16-14(22)17-10-5-3-9(15)4-6-10/h3-6,8,12H,7H2,1-2H3,(H,18,19)(H,20,21)(H2,16,17,22). The van der Waals surface area contributed by atoms with Crippen LogP contribution in [-0.4, -0.2) is 35.6 Å². The number of halogens is 1. The summed E-state index contributed by atoms with van der Waals surface area (Å²) in [5.74, 6) is -1.92. The van der Waals surface area contributed by atoms with Crippen LogP contribution in [0.4, 0.5) is 10.5 Å². The van der Waals surface area contributed by atoms with Crippen molar-refractivity contribution in [2.45, 2.75) is 19.9 Å². The fourth-order valence-electron chi connectivity index (χ4n) is 1.61. The zero-order chi connectivity index (χ0) is 16.7. The number of nitrogens with one attached hydrogen (secondary N) is 3. The molecule has 0 fully saturated rings. The molecule has 0 saturated heterocycles. The van der Waals surface area contributed by atoms with Crippen LogP contribution in [-0.2, 0) is 9.59 Å². The number of carbonyl (C=O) groups excluding carboxylic acids is 2. The van der Waals surface area contributed by atoms with E-state index in [-0.39, 0.29) is 12.5 Å². The van der Waals surface area contributed by atoms with Gasteiger partial charge in [0.15, 0.2) is 0 Å². The average molecular weight is 372 g/mol. The highest BCUT2D eigenvalue weighted by Crippen LogP contribution is 2.13. The van der Waals surface area contributed by atoms with E-state index in [9.17, 15) is 14.4 Å². The monoisotopic (exact) mass is 371 g/mol. The van der Waals surface area contributed by atoms with Gasteiger partial charge >= 0.3 is 12.0 Å². The number of carbonyl (C=O) groups is 3. The Morgan fingerprint density at radius 2 is 1.77 bits per heavy atom. The third-order valence-electron chi connectivity index (χ3n) is 2.76. The maximum atomic E-state index is 11.6. The summed E-state index contributed by atoms with van der Waals surface area (Å²) < 4.78 is 0.881. The van der Waals surface area contributed by atoms with Crippen LogP contribution in [0, 0.1) is 5.92 Å². The SMILES string of the molecule is CC(C)C(NC(=O)CNC(=O)Nc1ccc(Br)cc1)C(=O)O. The van der Waals surface area contributed by atoms with Crippen LogP contribution in [0.25, 0.3) is 0 Å². The molecule has 22 heavy (non-hydrogen) atoms. The topological polar surface area (TPSA) is 108 Å². The van der Waals surface area contributed by atoms with Gasteiger partial charge in [0, 0.05) is 10.2 Å². The van der Waals surface area contributed by atoms with Crippen LogP contribution in [0.1, 0.15) is 13.8 Å². The molecule has 0 spiro atoms. The summed E-state index contributed by atoms with van der Waals surface area (Å²) in [4.78, 5) is 34.2. The summed E-state index contributed by atoms with van der Waals surface area (Å²) in [6, 6.07) is 5.40. The lowest BCUT2D eigenvalue weighted by Crippen LogP contribution is -2.48. The maximum Gasteiger partial charge on any atom is 0.326 e. The van der Waals surface area contributed by atoms with E-state index < -0.39 is 23.9 Å². The molecule has 0 bridgehead atoms. The van der Waals surface area contributed by atoms with Crippen molar-refractivity contribution in [2.75, 3.05) is 11.9 Å². The molecule has 0 aromatic heterocycles. The Morgan fingerprint density at radius 1 is 1.18 bits per heavy atom. The van der Waals surface area contributed by atoms with Crippen LogP contribution in [0.15, 0.2) is 28.7 Å². The molecular weight excluding hydrogens is 354 g/mol. The fourth-order valence-corrected chi connectivity index (χ4v) is 1.87. The van der Waals surface area contributed by atoms with Gasteiger partial charge < -0.3 is 21.1 Å². The summed E-state index contributed by atoms with van der Waals surface area (Å²) in [7, 11) is 0. The van der Waals surface area contributed by atoms with Crippen molar-refractivity contribution in [3.63, 3.8) is 0 Å². The van der Waals surface area contributed by atoms with Gasteiger partial charge in [-0.05, 0) is 30.2 Å². The Labute approximate surface area is 136 Å². The molecule has 7 nitrogen and oxygen atoms in total. The number of anilines is 1. The normalized spacial score (nSPS) is 11.6. The number of rotatable bonds is 6. The molecule has 0 saturated carbocycles. The number of benzene rings is 1. The first-order chi connectivity index (χ1) is 10.3. The lowest BCUT2D eigenvalue weighted by molar-refractivity contribution is -0.142. The number of carboxylic acid groups (broad SMARTS) is 1. The summed E-state index contributed by atoms with van der Waals surface area (Å²) >= 11 is 3.28. The zero-order valence-electron chi connectivity index (χ0n) is 12.2.